The molecule has 0 aliphatic rings. The first-order valence-corrected chi connectivity index (χ1v) is 9.18. The van der Waals surface area contributed by atoms with Crippen molar-refractivity contribution in [1.29, 1.82) is 0 Å². The van der Waals surface area contributed by atoms with E-state index in [-0.39, 0.29) is 35.8 Å². The Morgan fingerprint density at radius 3 is 2.52 bits per heavy atom. The summed E-state index contributed by atoms with van der Waals surface area (Å²) in [7, 11) is 7.23. The molecule has 29 heavy (non-hydrogen) atoms. The first kappa shape index (κ1) is 25.0. The van der Waals surface area contributed by atoms with Crippen LogP contribution in [-0.2, 0) is 0 Å². The molecular formula is C21H30FIN4O2. The highest BCUT2D eigenvalue weighted by Crippen LogP contribution is 2.30. The fraction of sp³-hybridized carbons (Fsp3) is 0.381. The number of hydrogen-bond donors (Lipinski definition) is 2. The Labute approximate surface area is 189 Å². The van der Waals surface area contributed by atoms with Gasteiger partial charge in [-0.1, -0.05) is 12.1 Å². The Balaban J connectivity index is 0.00000420. The molecule has 0 radical (unpaired) electrons. The molecule has 0 aliphatic heterocycles. The number of rotatable bonds is 8. The Kier molecular flexibility index (Phi) is 10.7. The standard InChI is InChI=1S/C21H29FN4O2.HI/c1-6-28-19-11-10-17(13-20(19)27-5)25-21(23-2)24-14-18(26(3)4)15-8-7-9-16(22)12-15;/h7-13,18H,6,14H2,1-5H3,(H2,23,24,25);1H. The number of aliphatic imine (C=N–C) groups is 1. The number of nitrogens with one attached hydrogen (secondary N) is 2. The van der Waals surface area contributed by atoms with E-state index in [4.69, 9.17) is 9.47 Å². The van der Waals surface area contributed by atoms with Crippen molar-refractivity contribution in [3.8, 4) is 11.5 Å². The smallest absolute Gasteiger partial charge is 0.195 e. The second-order valence-corrected chi connectivity index (χ2v) is 6.41. The minimum Gasteiger partial charge on any atom is -0.493 e. The number of nitrogens with zero attached hydrogens (tertiary/aromatic N) is 2. The second-order valence-electron chi connectivity index (χ2n) is 6.41. The van der Waals surface area contributed by atoms with Crippen molar-refractivity contribution in [3.05, 3.63) is 53.8 Å². The lowest BCUT2D eigenvalue weighted by molar-refractivity contribution is 0.298. The summed E-state index contributed by atoms with van der Waals surface area (Å²) in [6.07, 6.45) is 0. The van der Waals surface area contributed by atoms with E-state index < -0.39 is 0 Å². The van der Waals surface area contributed by atoms with Gasteiger partial charge in [-0.05, 0) is 50.8 Å². The Bertz CT molecular complexity index is 802. The molecule has 0 aromatic heterocycles. The summed E-state index contributed by atoms with van der Waals surface area (Å²) in [5, 5.41) is 6.54. The zero-order chi connectivity index (χ0) is 20.5. The number of halogens is 2. The normalized spacial score (nSPS) is 12.2. The molecular weight excluding hydrogens is 486 g/mol. The Hall–Kier alpha value is -2.07. The zero-order valence-corrected chi connectivity index (χ0v) is 19.9. The van der Waals surface area contributed by atoms with Gasteiger partial charge in [0.05, 0.1) is 19.8 Å². The van der Waals surface area contributed by atoms with Gasteiger partial charge in [0.25, 0.3) is 0 Å². The van der Waals surface area contributed by atoms with E-state index in [1.807, 2.05) is 50.2 Å². The monoisotopic (exact) mass is 516 g/mol. The summed E-state index contributed by atoms with van der Waals surface area (Å²) in [6.45, 7) is 3.06. The topological polar surface area (TPSA) is 58.1 Å². The van der Waals surface area contributed by atoms with Crippen LogP contribution >= 0.6 is 24.0 Å². The van der Waals surface area contributed by atoms with Crippen molar-refractivity contribution in [2.24, 2.45) is 4.99 Å². The van der Waals surface area contributed by atoms with Gasteiger partial charge < -0.3 is 25.0 Å². The van der Waals surface area contributed by atoms with Crippen LogP contribution in [0.25, 0.3) is 0 Å². The molecule has 2 aromatic rings. The summed E-state index contributed by atoms with van der Waals surface area (Å²) in [6, 6.07) is 12.2. The summed E-state index contributed by atoms with van der Waals surface area (Å²) in [5.74, 6) is 1.70. The molecule has 2 aromatic carbocycles. The molecule has 0 saturated heterocycles. The number of ether oxygens (including phenoxy) is 2. The van der Waals surface area contributed by atoms with Crippen LogP contribution in [0.15, 0.2) is 47.5 Å². The van der Waals surface area contributed by atoms with Gasteiger partial charge in [0.2, 0.25) is 0 Å². The van der Waals surface area contributed by atoms with E-state index in [0.717, 1.165) is 11.3 Å². The quantitative estimate of drug-likeness (QED) is 0.314. The number of likely N-dealkylation sites (N-methyl/N-ethyl adjacent to an activating group) is 1. The van der Waals surface area contributed by atoms with E-state index in [9.17, 15) is 4.39 Å². The van der Waals surface area contributed by atoms with Gasteiger partial charge in [0.15, 0.2) is 17.5 Å². The largest absolute Gasteiger partial charge is 0.493 e. The molecule has 1 atom stereocenters. The summed E-state index contributed by atoms with van der Waals surface area (Å²) in [4.78, 5) is 6.31. The fourth-order valence-electron chi connectivity index (χ4n) is 2.84. The average Bonchev–Trinajstić information content (AvgIpc) is 2.68. The molecule has 0 amide bonds. The number of benzene rings is 2. The molecule has 0 spiro atoms. The van der Waals surface area contributed by atoms with Gasteiger partial charge in [-0.25, -0.2) is 4.39 Å². The van der Waals surface area contributed by atoms with Gasteiger partial charge in [-0.3, -0.25) is 4.99 Å². The average molecular weight is 516 g/mol. The minimum absolute atomic E-state index is 0. The number of hydrogen-bond acceptors (Lipinski definition) is 4. The molecule has 8 heteroatoms. The Morgan fingerprint density at radius 1 is 1.17 bits per heavy atom. The Morgan fingerprint density at radius 2 is 1.93 bits per heavy atom. The number of anilines is 1. The molecule has 0 fully saturated rings. The van der Waals surface area contributed by atoms with Crippen LogP contribution < -0.4 is 20.1 Å². The molecule has 0 aliphatic carbocycles. The minimum atomic E-state index is -0.242. The van der Waals surface area contributed by atoms with Crippen LogP contribution in [0.2, 0.25) is 0 Å². The predicted molar refractivity (Wildman–Crippen MR) is 127 cm³/mol. The van der Waals surface area contributed by atoms with E-state index in [1.54, 1.807) is 26.3 Å². The summed E-state index contributed by atoms with van der Waals surface area (Å²) in [5.41, 5.74) is 1.72. The highest BCUT2D eigenvalue weighted by atomic mass is 127. The lowest BCUT2D eigenvalue weighted by Crippen LogP contribution is -2.38. The van der Waals surface area contributed by atoms with Gasteiger partial charge in [0, 0.05) is 25.3 Å². The molecule has 2 rings (SSSR count). The van der Waals surface area contributed by atoms with Crippen molar-refractivity contribution < 1.29 is 13.9 Å². The highest BCUT2D eigenvalue weighted by molar-refractivity contribution is 14.0. The van der Waals surface area contributed by atoms with E-state index in [1.165, 1.54) is 6.07 Å². The molecule has 2 N–H and O–H groups in total. The molecule has 0 bridgehead atoms. The summed E-state index contributed by atoms with van der Waals surface area (Å²) < 4.78 is 24.5. The van der Waals surface area contributed by atoms with Crippen molar-refractivity contribution in [3.63, 3.8) is 0 Å². The van der Waals surface area contributed by atoms with E-state index in [0.29, 0.717) is 30.6 Å². The van der Waals surface area contributed by atoms with Crippen LogP contribution in [0.3, 0.4) is 0 Å². The third-order valence-corrected chi connectivity index (χ3v) is 4.27. The van der Waals surface area contributed by atoms with Crippen LogP contribution in [0.1, 0.15) is 18.5 Å². The van der Waals surface area contributed by atoms with Crippen molar-refractivity contribution in [2.45, 2.75) is 13.0 Å². The predicted octanol–water partition coefficient (Wildman–Crippen LogP) is 4.14. The van der Waals surface area contributed by atoms with Gasteiger partial charge in [0.1, 0.15) is 5.82 Å². The molecule has 1 unspecified atom stereocenters. The summed E-state index contributed by atoms with van der Waals surface area (Å²) >= 11 is 0. The second kappa shape index (κ2) is 12.5. The highest BCUT2D eigenvalue weighted by Gasteiger charge is 2.15. The molecule has 0 heterocycles. The van der Waals surface area contributed by atoms with Crippen LogP contribution in [-0.4, -0.2) is 52.3 Å². The van der Waals surface area contributed by atoms with Crippen molar-refractivity contribution in [2.75, 3.05) is 46.7 Å². The van der Waals surface area contributed by atoms with Crippen molar-refractivity contribution >= 4 is 35.6 Å². The van der Waals surface area contributed by atoms with Gasteiger partial charge in [-0.2, -0.15) is 0 Å². The first-order chi connectivity index (χ1) is 13.5. The lowest BCUT2D eigenvalue weighted by Gasteiger charge is -2.26. The van der Waals surface area contributed by atoms with Crippen LogP contribution in [0.5, 0.6) is 11.5 Å². The van der Waals surface area contributed by atoms with E-state index in [2.05, 4.69) is 15.6 Å². The van der Waals surface area contributed by atoms with Gasteiger partial charge in [-0.15, -0.1) is 24.0 Å². The lowest BCUT2D eigenvalue weighted by atomic mass is 10.1. The SMILES string of the molecule is CCOc1ccc(NC(=NC)NCC(c2cccc(F)c2)N(C)C)cc1OC.I. The van der Waals surface area contributed by atoms with Crippen molar-refractivity contribution in [1.82, 2.24) is 10.2 Å². The maximum Gasteiger partial charge on any atom is 0.195 e. The molecule has 0 saturated carbocycles. The maximum atomic E-state index is 13.6. The number of guanidine groups is 1. The molecule has 160 valence electrons. The fourth-order valence-corrected chi connectivity index (χ4v) is 2.84. The number of methoxy groups -OCH3 is 1. The zero-order valence-electron chi connectivity index (χ0n) is 17.5. The third-order valence-electron chi connectivity index (χ3n) is 4.27. The maximum absolute atomic E-state index is 13.6. The van der Waals surface area contributed by atoms with E-state index >= 15 is 0 Å². The third kappa shape index (κ3) is 7.36. The van der Waals surface area contributed by atoms with Crippen LogP contribution in [0, 0.1) is 5.82 Å². The van der Waals surface area contributed by atoms with Crippen LogP contribution in [0.4, 0.5) is 10.1 Å². The van der Waals surface area contributed by atoms with Gasteiger partial charge >= 0.3 is 0 Å². The molecule has 6 nitrogen and oxygen atoms in total. The first-order valence-electron chi connectivity index (χ1n) is 9.18.